The van der Waals surface area contributed by atoms with Crippen molar-refractivity contribution in [3.8, 4) is 0 Å². The van der Waals surface area contributed by atoms with Crippen molar-refractivity contribution < 1.29 is 14.3 Å². The van der Waals surface area contributed by atoms with Crippen LogP contribution in [0.4, 0.5) is 0 Å². The average molecular weight is 234 g/mol. The Morgan fingerprint density at radius 3 is 2.94 bits per heavy atom. The van der Waals surface area contributed by atoms with Crippen LogP contribution in [0, 0.1) is 0 Å². The van der Waals surface area contributed by atoms with Crippen LogP contribution in [0.5, 0.6) is 0 Å². The molecule has 0 aromatic carbocycles. The van der Waals surface area contributed by atoms with Gasteiger partial charge in [0.25, 0.3) is 5.91 Å². The molecule has 90 valence electrons. The summed E-state index contributed by atoms with van der Waals surface area (Å²) < 4.78 is 6.75. The van der Waals surface area contributed by atoms with Crippen molar-refractivity contribution in [3.63, 3.8) is 0 Å². The molecule has 1 unspecified atom stereocenters. The van der Waals surface area contributed by atoms with Crippen molar-refractivity contribution in [1.29, 1.82) is 0 Å². The number of hydrogen-bond acceptors (Lipinski definition) is 3. The first-order chi connectivity index (χ1) is 8.18. The van der Waals surface area contributed by atoms with E-state index in [9.17, 15) is 9.90 Å². The number of aryl methyl sites for hydroxylation is 1. The Bertz CT molecular complexity index is 488. The van der Waals surface area contributed by atoms with Gasteiger partial charge in [-0.1, -0.05) is 0 Å². The van der Waals surface area contributed by atoms with Crippen molar-refractivity contribution in [2.75, 3.05) is 6.54 Å². The number of carbonyl (C=O) groups excluding carboxylic acids is 1. The van der Waals surface area contributed by atoms with E-state index < -0.39 is 6.10 Å². The predicted molar refractivity (Wildman–Crippen MR) is 61.4 cm³/mol. The number of aliphatic hydroxyl groups excluding tert-OH is 1. The van der Waals surface area contributed by atoms with Crippen molar-refractivity contribution in [2.24, 2.45) is 7.05 Å². The number of furan rings is 1. The number of nitrogens with zero attached hydrogens (tertiary/aromatic N) is 1. The molecule has 0 aliphatic rings. The van der Waals surface area contributed by atoms with Crippen molar-refractivity contribution in [2.45, 2.75) is 6.10 Å². The van der Waals surface area contributed by atoms with Crippen molar-refractivity contribution in [1.82, 2.24) is 9.88 Å². The molecule has 2 N–H and O–H groups in total. The molecule has 1 amide bonds. The summed E-state index contributed by atoms with van der Waals surface area (Å²) >= 11 is 0. The second-order valence-corrected chi connectivity index (χ2v) is 3.75. The highest BCUT2D eigenvalue weighted by atomic mass is 16.3. The summed E-state index contributed by atoms with van der Waals surface area (Å²) in [5.41, 5.74) is 0.754. The maximum Gasteiger partial charge on any atom is 0.287 e. The first-order valence-corrected chi connectivity index (χ1v) is 5.29. The first kappa shape index (κ1) is 11.5. The minimum absolute atomic E-state index is 0.150. The number of carbonyl (C=O) groups is 1. The van der Waals surface area contributed by atoms with Gasteiger partial charge < -0.3 is 19.4 Å². The summed E-state index contributed by atoms with van der Waals surface area (Å²) in [6, 6.07) is 6.86. The summed E-state index contributed by atoms with van der Waals surface area (Å²) in [5, 5.41) is 12.5. The van der Waals surface area contributed by atoms with Gasteiger partial charge in [0.15, 0.2) is 5.76 Å². The van der Waals surface area contributed by atoms with Gasteiger partial charge >= 0.3 is 0 Å². The van der Waals surface area contributed by atoms with Gasteiger partial charge in [0.05, 0.1) is 6.26 Å². The van der Waals surface area contributed by atoms with E-state index in [-0.39, 0.29) is 18.2 Å². The van der Waals surface area contributed by atoms with Crippen LogP contribution in [0.15, 0.2) is 41.1 Å². The van der Waals surface area contributed by atoms with E-state index in [0.29, 0.717) is 0 Å². The minimum Gasteiger partial charge on any atom is -0.459 e. The molecule has 2 aromatic rings. The van der Waals surface area contributed by atoms with E-state index in [1.807, 2.05) is 29.9 Å². The third-order valence-corrected chi connectivity index (χ3v) is 2.53. The predicted octanol–water partition coefficient (Wildman–Crippen LogP) is 1.08. The standard InChI is InChI=1S/C12H14N2O3/c1-14-6-2-4-9(14)10(15)8-13-12(16)11-5-3-7-17-11/h2-7,10,15H,8H2,1H3,(H,13,16). The highest BCUT2D eigenvalue weighted by molar-refractivity contribution is 5.91. The molecule has 0 aliphatic heterocycles. The number of aromatic nitrogens is 1. The molecule has 2 aromatic heterocycles. The molecule has 0 radical (unpaired) electrons. The number of rotatable bonds is 4. The molecule has 0 bridgehead atoms. The quantitative estimate of drug-likeness (QED) is 0.831. The largest absolute Gasteiger partial charge is 0.459 e. The van der Waals surface area contributed by atoms with Gasteiger partial charge in [-0.15, -0.1) is 0 Å². The van der Waals surface area contributed by atoms with Crippen LogP contribution in [0.1, 0.15) is 22.4 Å². The molecule has 0 fully saturated rings. The zero-order chi connectivity index (χ0) is 12.3. The van der Waals surface area contributed by atoms with E-state index in [1.165, 1.54) is 6.26 Å². The van der Waals surface area contributed by atoms with Crippen LogP contribution in [0.3, 0.4) is 0 Å². The summed E-state index contributed by atoms with van der Waals surface area (Å²) in [7, 11) is 1.84. The molecule has 2 heterocycles. The third-order valence-electron chi connectivity index (χ3n) is 2.53. The van der Waals surface area contributed by atoms with Crippen LogP contribution in [-0.4, -0.2) is 22.1 Å². The summed E-state index contributed by atoms with van der Waals surface area (Å²) in [4.78, 5) is 11.5. The molecular weight excluding hydrogens is 220 g/mol. The fraction of sp³-hybridized carbons (Fsp3) is 0.250. The second kappa shape index (κ2) is 4.88. The van der Waals surface area contributed by atoms with Gasteiger partial charge in [0, 0.05) is 25.5 Å². The zero-order valence-electron chi connectivity index (χ0n) is 9.46. The Balaban J connectivity index is 1.91. The van der Waals surface area contributed by atoms with Gasteiger partial charge in [-0.05, 0) is 24.3 Å². The zero-order valence-corrected chi connectivity index (χ0v) is 9.46. The van der Waals surface area contributed by atoms with E-state index in [4.69, 9.17) is 4.42 Å². The Morgan fingerprint density at radius 2 is 2.35 bits per heavy atom. The van der Waals surface area contributed by atoms with Gasteiger partial charge in [-0.25, -0.2) is 0 Å². The van der Waals surface area contributed by atoms with Gasteiger partial charge in [0.2, 0.25) is 0 Å². The van der Waals surface area contributed by atoms with E-state index >= 15 is 0 Å². The Kier molecular flexibility index (Phi) is 3.30. The fourth-order valence-electron chi connectivity index (χ4n) is 1.61. The maximum atomic E-state index is 11.5. The van der Waals surface area contributed by atoms with Gasteiger partial charge in [0.1, 0.15) is 6.10 Å². The van der Waals surface area contributed by atoms with Crippen LogP contribution >= 0.6 is 0 Å². The fourth-order valence-corrected chi connectivity index (χ4v) is 1.61. The second-order valence-electron chi connectivity index (χ2n) is 3.75. The Morgan fingerprint density at radius 1 is 1.53 bits per heavy atom. The molecule has 5 nitrogen and oxygen atoms in total. The van der Waals surface area contributed by atoms with Gasteiger partial charge in [-0.3, -0.25) is 4.79 Å². The Hall–Kier alpha value is -2.01. The summed E-state index contributed by atoms with van der Waals surface area (Å²) in [6.45, 7) is 0.150. The number of hydrogen-bond donors (Lipinski definition) is 2. The normalized spacial score (nSPS) is 12.4. The van der Waals surface area contributed by atoms with E-state index in [1.54, 1.807) is 12.1 Å². The number of aliphatic hydroxyl groups is 1. The highest BCUT2D eigenvalue weighted by Gasteiger charge is 2.13. The third kappa shape index (κ3) is 2.57. The van der Waals surface area contributed by atoms with Crippen molar-refractivity contribution >= 4 is 5.91 Å². The lowest BCUT2D eigenvalue weighted by atomic mass is 10.2. The van der Waals surface area contributed by atoms with Gasteiger partial charge in [-0.2, -0.15) is 0 Å². The maximum absolute atomic E-state index is 11.5. The molecule has 0 saturated heterocycles. The molecule has 1 atom stereocenters. The SMILES string of the molecule is Cn1cccc1C(O)CNC(=O)c1ccco1. The Labute approximate surface area is 98.7 Å². The summed E-state index contributed by atoms with van der Waals surface area (Å²) in [6.07, 6.45) is 2.55. The lowest BCUT2D eigenvalue weighted by Gasteiger charge is -2.12. The van der Waals surface area contributed by atoms with E-state index in [0.717, 1.165) is 5.69 Å². The molecule has 17 heavy (non-hydrogen) atoms. The monoisotopic (exact) mass is 234 g/mol. The molecule has 0 saturated carbocycles. The highest BCUT2D eigenvalue weighted by Crippen LogP contribution is 2.11. The lowest BCUT2D eigenvalue weighted by Crippen LogP contribution is -2.28. The number of nitrogens with one attached hydrogen (secondary N) is 1. The van der Waals surface area contributed by atoms with Crippen LogP contribution < -0.4 is 5.32 Å². The first-order valence-electron chi connectivity index (χ1n) is 5.29. The van der Waals surface area contributed by atoms with Crippen molar-refractivity contribution in [3.05, 3.63) is 48.2 Å². The van der Waals surface area contributed by atoms with Crippen LogP contribution in [0.25, 0.3) is 0 Å². The van der Waals surface area contributed by atoms with Crippen LogP contribution in [0.2, 0.25) is 0 Å². The minimum atomic E-state index is -0.728. The topological polar surface area (TPSA) is 67.4 Å². The lowest BCUT2D eigenvalue weighted by molar-refractivity contribution is 0.0885. The van der Waals surface area contributed by atoms with E-state index in [2.05, 4.69) is 5.32 Å². The molecule has 0 aliphatic carbocycles. The average Bonchev–Trinajstić information content (AvgIpc) is 2.95. The smallest absolute Gasteiger partial charge is 0.287 e. The molecule has 0 spiro atoms. The molecular formula is C12H14N2O3. The molecule has 2 rings (SSSR count). The van der Waals surface area contributed by atoms with Crippen LogP contribution in [-0.2, 0) is 7.05 Å². The number of amides is 1. The molecule has 5 heteroatoms. The summed E-state index contributed by atoms with van der Waals surface area (Å²) in [5.74, 6) is -0.0904.